The van der Waals surface area contributed by atoms with Crippen LogP contribution < -0.4 is 4.52 Å². The van der Waals surface area contributed by atoms with Gasteiger partial charge in [0.1, 0.15) is 11.5 Å². The highest BCUT2D eigenvalue weighted by Gasteiger charge is 2.41. The van der Waals surface area contributed by atoms with Crippen LogP contribution in [0.15, 0.2) is 24.3 Å². The van der Waals surface area contributed by atoms with Crippen LogP contribution in [0.3, 0.4) is 0 Å². The van der Waals surface area contributed by atoms with E-state index in [1.165, 1.54) is 229 Å². The molecule has 10 heteroatoms. The second kappa shape index (κ2) is 44.9. The molecule has 1 unspecified atom stereocenters. The van der Waals surface area contributed by atoms with E-state index in [1.54, 1.807) is 6.07 Å². The first-order valence-electron chi connectivity index (χ1n) is 33.0. The van der Waals surface area contributed by atoms with Crippen LogP contribution in [0.5, 0.6) is 11.5 Å². The molecule has 0 saturated heterocycles. The van der Waals surface area contributed by atoms with E-state index in [-0.39, 0.29) is 11.5 Å². The number of hydrogen-bond acceptors (Lipinski definition) is 5. The maximum atomic E-state index is 14.2. The van der Waals surface area contributed by atoms with Gasteiger partial charge in [-0.3, -0.25) is 4.89 Å². The predicted octanol–water partition coefficient (Wildman–Crippen LogP) is 22.7. The fourth-order valence-electron chi connectivity index (χ4n) is 12.1. The largest absolute Gasteiger partial charge is 0.536 e. The zero-order valence-electron chi connectivity index (χ0n) is 51.1. The summed E-state index contributed by atoms with van der Waals surface area (Å²) in [6.45, 7) is 13.2. The summed E-state index contributed by atoms with van der Waals surface area (Å²) in [6.07, 6.45) is 57.2. The second-order valence-electron chi connectivity index (χ2n) is 24.0. The van der Waals surface area contributed by atoms with Crippen molar-refractivity contribution in [3.63, 3.8) is 0 Å². The number of unbranched alkanes of at least 4 members (excludes halogenated alkanes) is 40. The van der Waals surface area contributed by atoms with Gasteiger partial charge in [-0.1, -0.05) is 317 Å². The highest BCUT2D eigenvalue weighted by atomic mass is 31.3. The Morgan fingerprint density at radius 3 is 0.935 bits per heavy atom. The summed E-state index contributed by atoms with van der Waals surface area (Å²) in [4.78, 5) is 31.5. The number of aromatic hydroxyl groups is 1. The lowest BCUT2D eigenvalue weighted by molar-refractivity contribution is 0.228. The molecule has 8 nitrogen and oxygen atoms in total. The van der Waals surface area contributed by atoms with Crippen molar-refractivity contribution < 1.29 is 37.8 Å². The summed E-state index contributed by atoms with van der Waals surface area (Å²) in [5.74, 6) is 0.357. The van der Waals surface area contributed by atoms with Gasteiger partial charge in [-0.25, -0.2) is 9.13 Å². The number of hydrogen-bond donors (Lipinski definition) is 4. The summed E-state index contributed by atoms with van der Waals surface area (Å²) >= 11 is 0. The summed E-state index contributed by atoms with van der Waals surface area (Å²) in [6, 6.07) is 7.38. The molecular formula is C67H122O8P2. The molecular weight excluding hydrogens is 995 g/mol. The van der Waals surface area contributed by atoms with Crippen molar-refractivity contribution >= 4 is 15.6 Å². The third-order valence-electron chi connectivity index (χ3n) is 16.6. The predicted molar refractivity (Wildman–Crippen MR) is 331 cm³/mol. The van der Waals surface area contributed by atoms with Crippen LogP contribution >= 0.6 is 15.6 Å². The van der Waals surface area contributed by atoms with E-state index in [2.05, 4.69) is 41.5 Å². The fourth-order valence-corrected chi connectivity index (χ4v) is 13.8. The van der Waals surface area contributed by atoms with Crippen molar-refractivity contribution in [1.29, 1.82) is 0 Å². The molecule has 0 fully saturated rings. The molecule has 0 heterocycles. The van der Waals surface area contributed by atoms with Gasteiger partial charge in [0.15, 0.2) is 0 Å². The topological polar surface area (TPSA) is 134 Å². The quantitative estimate of drug-likeness (QED) is 0.0380. The first-order valence-corrected chi connectivity index (χ1v) is 36.0. The lowest BCUT2D eigenvalue weighted by Crippen LogP contribution is -2.26. The molecule has 4 N–H and O–H groups in total. The third-order valence-corrected chi connectivity index (χ3v) is 18.7. The average molecular weight is 1120 g/mol. The molecule has 2 aromatic rings. The van der Waals surface area contributed by atoms with E-state index in [1.807, 2.05) is 18.2 Å². The minimum Gasteiger partial charge on any atom is -0.508 e. The van der Waals surface area contributed by atoms with Crippen LogP contribution in [0, 0.1) is 0 Å². The number of phenols is 1. The number of phosphoric ester groups is 1. The standard InChI is InChI=1S/C67H122O8P2/c1-7-11-15-19-23-27-31-35-39-43-47-53-59-60(54-48-44-40-36-32-28-24-20-16-12-8-2)62(56-50-46-42-38-34-30-26-22-18-14-10-4)66(74-77(72,73)75-76(69,70)71)65(67(5,6)63-57-51-52-58-64(63)68)61(59)55-49-45-41-37-33-29-25-21-17-13-9-3/h51-52,57-58,68H,7-50,53-56H2,1-6H3,(H,72,73)(H2,69,70,71). The molecule has 1 atom stereocenters. The zero-order valence-corrected chi connectivity index (χ0v) is 52.9. The Hall–Kier alpha value is -1.66. The molecule has 2 rings (SSSR count). The summed E-state index contributed by atoms with van der Waals surface area (Å²) in [5.41, 5.74) is 5.04. The normalized spacial score (nSPS) is 12.9. The molecule has 0 saturated carbocycles. The van der Waals surface area contributed by atoms with E-state index < -0.39 is 21.1 Å². The molecule has 448 valence electrons. The Bertz CT molecular complexity index is 1840. The maximum absolute atomic E-state index is 14.2. The van der Waals surface area contributed by atoms with Gasteiger partial charge in [-0.05, 0) is 79.7 Å². The molecule has 0 bridgehead atoms. The van der Waals surface area contributed by atoms with Gasteiger partial charge >= 0.3 is 15.6 Å². The van der Waals surface area contributed by atoms with Crippen LogP contribution in [-0.4, -0.2) is 19.8 Å². The summed E-state index contributed by atoms with van der Waals surface area (Å²) in [5, 5.41) is 11.7. The van der Waals surface area contributed by atoms with E-state index >= 15 is 0 Å². The van der Waals surface area contributed by atoms with E-state index in [4.69, 9.17) is 8.83 Å². The number of para-hydroxylation sites is 1. The zero-order chi connectivity index (χ0) is 56.3. The molecule has 0 aliphatic heterocycles. The van der Waals surface area contributed by atoms with Gasteiger partial charge in [0.05, 0.1) is 0 Å². The average Bonchev–Trinajstić information content (AvgIpc) is 3.38. The van der Waals surface area contributed by atoms with Gasteiger partial charge in [0, 0.05) is 16.5 Å². The van der Waals surface area contributed by atoms with Gasteiger partial charge in [0.2, 0.25) is 0 Å². The van der Waals surface area contributed by atoms with Crippen LogP contribution in [-0.2, 0) is 44.5 Å². The molecule has 0 aromatic heterocycles. The SMILES string of the molecule is CCCCCCCCCCCCCc1c(CCCCCCCCCCCCC)c(CCCCCCCCCCCCC)c(C(C)(C)c2ccccc2O)c(OP(=O)(O)OP(=O)(O)O)c1CCCCCCCCCCCCC. The third kappa shape index (κ3) is 33.1. The Morgan fingerprint density at radius 1 is 0.377 bits per heavy atom. The second-order valence-corrected chi connectivity index (χ2v) is 26.8. The van der Waals surface area contributed by atoms with E-state index in [0.717, 1.165) is 100 Å². The Balaban J connectivity index is 2.77. The molecule has 0 spiro atoms. The molecule has 0 aliphatic carbocycles. The maximum Gasteiger partial charge on any atom is 0.536 e. The monoisotopic (exact) mass is 1120 g/mol. The van der Waals surface area contributed by atoms with Crippen molar-refractivity contribution in [2.75, 3.05) is 0 Å². The minimum atomic E-state index is -5.44. The van der Waals surface area contributed by atoms with Crippen molar-refractivity contribution in [3.05, 3.63) is 57.6 Å². The van der Waals surface area contributed by atoms with Gasteiger partial charge in [-0.2, -0.15) is 4.31 Å². The highest BCUT2D eigenvalue weighted by Crippen LogP contribution is 2.60. The Morgan fingerprint density at radius 2 is 0.636 bits per heavy atom. The van der Waals surface area contributed by atoms with Gasteiger partial charge in [0.25, 0.3) is 0 Å². The molecule has 0 amide bonds. The summed E-state index contributed by atoms with van der Waals surface area (Å²) in [7, 11) is -10.8. The molecule has 0 radical (unpaired) electrons. The van der Waals surface area contributed by atoms with Gasteiger partial charge < -0.3 is 19.4 Å². The number of rotatable bonds is 54. The van der Waals surface area contributed by atoms with Crippen molar-refractivity contribution in [3.8, 4) is 11.5 Å². The number of phosphoric acid groups is 2. The lowest BCUT2D eigenvalue weighted by Gasteiger charge is -2.36. The van der Waals surface area contributed by atoms with E-state index in [0.29, 0.717) is 12.0 Å². The minimum absolute atomic E-state index is 0.131. The van der Waals surface area contributed by atoms with Gasteiger partial charge in [-0.15, -0.1) is 0 Å². The van der Waals surface area contributed by atoms with Crippen LogP contribution in [0.2, 0.25) is 0 Å². The van der Waals surface area contributed by atoms with E-state index in [9.17, 15) is 28.9 Å². The van der Waals surface area contributed by atoms with Crippen LogP contribution in [0.4, 0.5) is 0 Å². The van der Waals surface area contributed by atoms with Crippen LogP contribution in [0.1, 0.15) is 357 Å². The fraction of sp³-hybridized carbons (Fsp3) is 0.821. The van der Waals surface area contributed by atoms with Crippen molar-refractivity contribution in [2.45, 2.75) is 355 Å². The molecule has 2 aromatic carbocycles. The van der Waals surface area contributed by atoms with Crippen molar-refractivity contribution in [2.24, 2.45) is 0 Å². The molecule has 0 aliphatic rings. The first-order chi connectivity index (χ1) is 37.2. The smallest absolute Gasteiger partial charge is 0.508 e. The lowest BCUT2D eigenvalue weighted by atomic mass is 9.70. The Labute approximate surface area is 475 Å². The highest BCUT2D eigenvalue weighted by molar-refractivity contribution is 7.60. The number of benzene rings is 2. The molecule has 77 heavy (non-hydrogen) atoms. The Kier molecular flexibility index (Phi) is 41.7. The number of phenolic OH excluding ortho intramolecular Hbond substituents is 1. The first kappa shape index (κ1) is 71.4. The van der Waals surface area contributed by atoms with Crippen molar-refractivity contribution in [1.82, 2.24) is 0 Å². The summed E-state index contributed by atoms with van der Waals surface area (Å²) < 4.78 is 37.6. The van der Waals surface area contributed by atoms with Crippen LogP contribution in [0.25, 0.3) is 0 Å².